The van der Waals surface area contributed by atoms with Crippen LogP contribution in [0.2, 0.25) is 0 Å². The minimum Gasteiger partial charge on any atom is -0.341 e. The first-order chi connectivity index (χ1) is 9.65. The number of benzene rings is 1. The summed E-state index contributed by atoms with van der Waals surface area (Å²) in [6.45, 7) is 0.961. The van der Waals surface area contributed by atoms with Gasteiger partial charge in [0.1, 0.15) is 5.82 Å². The first-order valence-corrected chi connectivity index (χ1v) is 6.38. The number of nitrogens with zero attached hydrogens (tertiary/aromatic N) is 2. The van der Waals surface area contributed by atoms with Gasteiger partial charge in [-0.05, 0) is 31.5 Å². The van der Waals surface area contributed by atoms with E-state index in [4.69, 9.17) is 0 Å². The molecule has 0 spiro atoms. The Kier molecular flexibility index (Phi) is 3.19. The molecule has 1 aromatic heterocycles. The molecule has 1 atom stereocenters. The van der Waals surface area contributed by atoms with Gasteiger partial charge in [0.05, 0.1) is 22.9 Å². The molecule has 7 heteroatoms. The maximum absolute atomic E-state index is 13.3. The Morgan fingerprint density at radius 2 is 2.30 bits per heavy atom. The van der Waals surface area contributed by atoms with E-state index in [1.165, 1.54) is 12.1 Å². The van der Waals surface area contributed by atoms with E-state index < -0.39 is 16.4 Å². The fourth-order valence-corrected chi connectivity index (χ4v) is 2.40. The van der Waals surface area contributed by atoms with Gasteiger partial charge in [-0.1, -0.05) is 0 Å². The van der Waals surface area contributed by atoms with Crippen LogP contribution in [0.5, 0.6) is 0 Å². The van der Waals surface area contributed by atoms with Crippen LogP contribution in [-0.4, -0.2) is 21.4 Å². The van der Waals surface area contributed by atoms with Gasteiger partial charge in [0.2, 0.25) is 5.82 Å². The van der Waals surface area contributed by atoms with Crippen LogP contribution in [0.1, 0.15) is 24.7 Å². The largest absolute Gasteiger partial charge is 0.341 e. The van der Waals surface area contributed by atoms with Gasteiger partial charge in [0.25, 0.3) is 0 Å². The maximum atomic E-state index is 13.3. The summed E-state index contributed by atoms with van der Waals surface area (Å²) in [7, 11) is 0. The second-order valence-electron chi connectivity index (χ2n) is 4.75. The van der Waals surface area contributed by atoms with Crippen molar-refractivity contribution >= 4 is 5.69 Å². The Balaban J connectivity index is 1.93. The van der Waals surface area contributed by atoms with Crippen molar-refractivity contribution in [2.24, 2.45) is 0 Å². The zero-order valence-electron chi connectivity index (χ0n) is 10.6. The number of aromatic nitrogens is 2. The second kappa shape index (κ2) is 5.01. The number of rotatable bonds is 3. The molecule has 1 fully saturated rings. The molecular weight excluding hydrogens is 263 g/mol. The summed E-state index contributed by atoms with van der Waals surface area (Å²) in [5.41, 5.74) is 0.671. The van der Waals surface area contributed by atoms with Crippen molar-refractivity contribution in [3.8, 4) is 11.3 Å². The molecular formula is C13H13FN4O2. The minimum absolute atomic E-state index is 0.194. The molecule has 6 nitrogen and oxygen atoms in total. The van der Waals surface area contributed by atoms with Crippen LogP contribution in [0.3, 0.4) is 0 Å². The maximum Gasteiger partial charge on any atom is 0.305 e. The number of halogens is 1. The number of aromatic amines is 1. The third kappa shape index (κ3) is 2.27. The molecule has 0 radical (unpaired) electrons. The highest BCUT2D eigenvalue weighted by atomic mass is 19.1. The Hall–Kier alpha value is -2.28. The number of nitro benzene ring substituents is 1. The predicted molar refractivity (Wildman–Crippen MR) is 70.6 cm³/mol. The summed E-state index contributed by atoms with van der Waals surface area (Å²) < 4.78 is 13.3. The van der Waals surface area contributed by atoms with Gasteiger partial charge in [-0.25, -0.2) is 4.98 Å². The molecule has 104 valence electrons. The van der Waals surface area contributed by atoms with Crippen molar-refractivity contribution in [3.63, 3.8) is 0 Å². The summed E-state index contributed by atoms with van der Waals surface area (Å²) >= 11 is 0. The zero-order valence-corrected chi connectivity index (χ0v) is 10.6. The molecule has 1 aliphatic rings. The molecule has 1 aliphatic heterocycles. The lowest BCUT2D eigenvalue weighted by atomic mass is 10.1. The number of imidazole rings is 1. The Morgan fingerprint density at radius 3 is 3.00 bits per heavy atom. The van der Waals surface area contributed by atoms with Crippen molar-refractivity contribution in [1.29, 1.82) is 0 Å². The van der Waals surface area contributed by atoms with E-state index in [1.54, 1.807) is 6.20 Å². The van der Waals surface area contributed by atoms with E-state index in [0.29, 0.717) is 11.3 Å². The number of nitrogens with one attached hydrogen (secondary N) is 2. The molecule has 2 N–H and O–H groups in total. The van der Waals surface area contributed by atoms with Gasteiger partial charge >= 0.3 is 5.69 Å². The minimum atomic E-state index is -0.837. The summed E-state index contributed by atoms with van der Waals surface area (Å²) in [6, 6.07) is 4.01. The molecule has 0 aliphatic carbocycles. The lowest BCUT2D eigenvalue weighted by Gasteiger charge is -2.05. The highest BCUT2D eigenvalue weighted by Gasteiger charge is 2.20. The summed E-state index contributed by atoms with van der Waals surface area (Å²) in [5.74, 6) is -0.0274. The topological polar surface area (TPSA) is 83.8 Å². The third-order valence-electron chi connectivity index (χ3n) is 3.44. The van der Waals surface area contributed by atoms with Gasteiger partial charge < -0.3 is 10.3 Å². The average molecular weight is 276 g/mol. The molecule has 20 heavy (non-hydrogen) atoms. The monoisotopic (exact) mass is 276 g/mol. The third-order valence-corrected chi connectivity index (χ3v) is 3.44. The quantitative estimate of drug-likeness (QED) is 0.666. The van der Waals surface area contributed by atoms with Crippen molar-refractivity contribution < 1.29 is 9.31 Å². The normalized spacial score (nSPS) is 18.4. The van der Waals surface area contributed by atoms with E-state index in [1.807, 2.05) is 0 Å². The van der Waals surface area contributed by atoms with Crippen LogP contribution in [0.15, 0.2) is 24.4 Å². The molecule has 2 heterocycles. The molecule has 2 aromatic rings. The second-order valence-corrected chi connectivity index (χ2v) is 4.75. The van der Waals surface area contributed by atoms with Crippen LogP contribution in [0.25, 0.3) is 11.3 Å². The molecule has 0 saturated carbocycles. The van der Waals surface area contributed by atoms with Crippen LogP contribution in [0, 0.1) is 15.9 Å². The molecule has 0 amide bonds. The lowest BCUT2D eigenvalue weighted by molar-refractivity contribution is -0.387. The Labute approximate surface area is 114 Å². The fourth-order valence-electron chi connectivity index (χ4n) is 2.40. The van der Waals surface area contributed by atoms with Gasteiger partial charge in [0.15, 0.2) is 0 Å². The van der Waals surface area contributed by atoms with Gasteiger partial charge in [0, 0.05) is 11.6 Å². The number of H-pyrrole nitrogens is 1. The standard InChI is InChI=1S/C13H13FN4O2/c14-9-4-3-8(6-12(9)18(19)20)11-7-16-13(17-11)10-2-1-5-15-10/h3-4,6-7,10,15H,1-2,5H2,(H,16,17). The fraction of sp³-hybridized carbons (Fsp3) is 0.308. The van der Waals surface area contributed by atoms with E-state index in [2.05, 4.69) is 15.3 Å². The van der Waals surface area contributed by atoms with Crippen LogP contribution >= 0.6 is 0 Å². The Morgan fingerprint density at radius 1 is 1.45 bits per heavy atom. The predicted octanol–water partition coefficient (Wildman–Crippen LogP) is 2.55. The summed E-state index contributed by atoms with van der Waals surface area (Å²) in [4.78, 5) is 17.5. The van der Waals surface area contributed by atoms with Crippen molar-refractivity contribution in [2.75, 3.05) is 6.54 Å². The summed E-state index contributed by atoms with van der Waals surface area (Å²) in [5, 5.41) is 14.1. The first-order valence-electron chi connectivity index (χ1n) is 6.38. The molecule has 1 aromatic carbocycles. The van der Waals surface area contributed by atoms with E-state index in [9.17, 15) is 14.5 Å². The lowest BCUT2D eigenvalue weighted by Crippen LogP contribution is -2.14. The SMILES string of the molecule is O=[N+]([O-])c1cc(-c2cnc(C3CCCN3)[nH]2)ccc1F. The number of hydrogen-bond acceptors (Lipinski definition) is 4. The van der Waals surface area contributed by atoms with Crippen molar-refractivity contribution in [3.05, 3.63) is 46.2 Å². The average Bonchev–Trinajstić information content (AvgIpc) is 3.09. The van der Waals surface area contributed by atoms with Crippen molar-refractivity contribution in [2.45, 2.75) is 18.9 Å². The van der Waals surface area contributed by atoms with Gasteiger partial charge in [-0.3, -0.25) is 10.1 Å². The van der Waals surface area contributed by atoms with Gasteiger partial charge in [-0.2, -0.15) is 4.39 Å². The molecule has 3 rings (SSSR count). The zero-order chi connectivity index (χ0) is 14.1. The van der Waals surface area contributed by atoms with Crippen LogP contribution < -0.4 is 5.32 Å². The molecule has 0 bridgehead atoms. The van der Waals surface area contributed by atoms with Crippen LogP contribution in [0.4, 0.5) is 10.1 Å². The highest BCUT2D eigenvalue weighted by molar-refractivity contribution is 5.62. The smallest absolute Gasteiger partial charge is 0.305 e. The number of nitro groups is 1. The summed E-state index contributed by atoms with van der Waals surface area (Å²) in [6.07, 6.45) is 3.73. The van der Waals surface area contributed by atoms with E-state index in [0.717, 1.165) is 31.3 Å². The van der Waals surface area contributed by atoms with Crippen LogP contribution in [-0.2, 0) is 0 Å². The number of hydrogen-bond donors (Lipinski definition) is 2. The van der Waals surface area contributed by atoms with Gasteiger partial charge in [-0.15, -0.1) is 0 Å². The van der Waals surface area contributed by atoms with E-state index in [-0.39, 0.29) is 6.04 Å². The Bertz CT molecular complexity index is 650. The molecule has 1 unspecified atom stereocenters. The van der Waals surface area contributed by atoms with E-state index >= 15 is 0 Å². The highest BCUT2D eigenvalue weighted by Crippen LogP contribution is 2.27. The van der Waals surface area contributed by atoms with Crippen molar-refractivity contribution in [1.82, 2.24) is 15.3 Å². The molecule has 1 saturated heterocycles. The first kappa shape index (κ1) is 12.7.